The van der Waals surface area contributed by atoms with E-state index in [1.807, 2.05) is 62.4 Å². The van der Waals surface area contributed by atoms with E-state index >= 15 is 0 Å². The van der Waals surface area contributed by atoms with Gasteiger partial charge in [0.05, 0.1) is 6.54 Å². The number of hydrogen-bond acceptors (Lipinski definition) is 3. The smallest absolute Gasteiger partial charge is 0.241 e. The molecule has 2 aromatic carbocycles. The average Bonchev–Trinajstić information content (AvgIpc) is 2.52. The number of hydrogen-bond donors (Lipinski definition) is 2. The minimum Gasteiger partial charge on any atom is -0.489 e. The average molecular weight is 377 g/mol. The van der Waals surface area contributed by atoms with Crippen molar-refractivity contribution in [3.8, 4) is 5.75 Å². The van der Waals surface area contributed by atoms with E-state index in [1.165, 1.54) is 0 Å². The van der Waals surface area contributed by atoms with Gasteiger partial charge < -0.3 is 15.8 Å². The first kappa shape index (κ1) is 17.5. The Morgan fingerprint density at radius 1 is 1.26 bits per heavy atom. The van der Waals surface area contributed by atoms with Crippen LogP contribution in [0.3, 0.4) is 0 Å². The first-order valence-electron chi connectivity index (χ1n) is 7.48. The third-order valence-corrected chi connectivity index (χ3v) is 3.91. The monoisotopic (exact) mass is 376 g/mol. The van der Waals surface area contributed by atoms with Crippen LogP contribution < -0.4 is 15.8 Å². The second-order valence-corrected chi connectivity index (χ2v) is 6.44. The number of nitrogens with one attached hydrogen (secondary N) is 1. The minimum absolute atomic E-state index is 0.154. The molecular weight excluding hydrogens is 356 g/mol. The molecule has 0 heterocycles. The van der Waals surface area contributed by atoms with Crippen LogP contribution in [0.15, 0.2) is 53.0 Å². The van der Waals surface area contributed by atoms with E-state index in [4.69, 9.17) is 10.5 Å². The van der Waals surface area contributed by atoms with Crippen molar-refractivity contribution in [3.05, 3.63) is 64.1 Å². The summed E-state index contributed by atoms with van der Waals surface area (Å²) in [4.78, 5) is 12.1. The number of rotatable bonds is 6. The molecule has 2 atom stereocenters. The number of carbonyl (C=O) groups excluding carboxylic acids is 1. The van der Waals surface area contributed by atoms with Crippen LogP contribution in [0.1, 0.15) is 24.1 Å². The molecule has 5 heteroatoms. The fraction of sp³-hybridized carbons (Fsp3) is 0.278. The van der Waals surface area contributed by atoms with E-state index in [0.29, 0.717) is 6.54 Å². The lowest BCUT2D eigenvalue weighted by atomic mass is 10.1. The van der Waals surface area contributed by atoms with Gasteiger partial charge in [0.25, 0.3) is 0 Å². The molecule has 1 amide bonds. The number of nitrogens with two attached hydrogens (primary N) is 1. The van der Waals surface area contributed by atoms with Crippen LogP contribution in [-0.2, 0) is 4.79 Å². The summed E-state index contributed by atoms with van der Waals surface area (Å²) in [5.74, 6) is 0.544. The molecule has 0 saturated heterocycles. The van der Waals surface area contributed by atoms with E-state index in [9.17, 15) is 4.79 Å². The molecule has 0 aliphatic heterocycles. The summed E-state index contributed by atoms with van der Waals surface area (Å²) >= 11 is 3.40. The normalized spacial score (nSPS) is 13.2. The summed E-state index contributed by atoms with van der Waals surface area (Å²) in [6.45, 7) is 4.29. The van der Waals surface area contributed by atoms with Gasteiger partial charge in [-0.05, 0) is 37.6 Å². The number of halogens is 1. The van der Waals surface area contributed by atoms with Gasteiger partial charge in [-0.15, -0.1) is 0 Å². The quantitative estimate of drug-likeness (QED) is 0.812. The molecule has 122 valence electrons. The second-order valence-electron chi connectivity index (χ2n) is 5.52. The summed E-state index contributed by atoms with van der Waals surface area (Å²) in [5, 5.41) is 2.83. The molecule has 2 aromatic rings. The predicted octanol–water partition coefficient (Wildman–Crippen LogP) is 3.34. The SMILES string of the molecule is Cc1ccc(C(N)C(=O)NCC(C)Oc2cccc(Br)c2)cc1. The van der Waals surface area contributed by atoms with Gasteiger partial charge in [0.1, 0.15) is 17.9 Å². The fourth-order valence-electron chi connectivity index (χ4n) is 2.09. The maximum atomic E-state index is 12.1. The van der Waals surface area contributed by atoms with Crippen molar-refractivity contribution in [1.82, 2.24) is 5.32 Å². The Hall–Kier alpha value is -1.85. The van der Waals surface area contributed by atoms with Gasteiger partial charge in [0, 0.05) is 4.47 Å². The molecule has 0 fully saturated rings. The van der Waals surface area contributed by atoms with Crippen molar-refractivity contribution < 1.29 is 9.53 Å². The molecule has 2 unspecified atom stereocenters. The molecule has 0 aromatic heterocycles. The Morgan fingerprint density at radius 2 is 1.96 bits per heavy atom. The Labute approximate surface area is 145 Å². The van der Waals surface area contributed by atoms with Crippen molar-refractivity contribution in [3.63, 3.8) is 0 Å². The molecule has 0 saturated carbocycles. The van der Waals surface area contributed by atoms with E-state index in [1.54, 1.807) is 0 Å². The van der Waals surface area contributed by atoms with Crippen LogP contribution in [0.5, 0.6) is 5.75 Å². The summed E-state index contributed by atoms with van der Waals surface area (Å²) in [5.41, 5.74) is 7.92. The summed E-state index contributed by atoms with van der Waals surface area (Å²) in [6, 6.07) is 14.6. The maximum Gasteiger partial charge on any atom is 0.241 e. The second kappa shape index (κ2) is 8.13. The van der Waals surface area contributed by atoms with E-state index in [-0.39, 0.29) is 12.0 Å². The molecular formula is C18H21BrN2O2. The van der Waals surface area contributed by atoms with Crippen LogP contribution in [0.2, 0.25) is 0 Å². The van der Waals surface area contributed by atoms with Gasteiger partial charge in [-0.1, -0.05) is 51.8 Å². The highest BCUT2D eigenvalue weighted by Gasteiger charge is 2.16. The molecule has 0 spiro atoms. The lowest BCUT2D eigenvalue weighted by Crippen LogP contribution is -2.39. The predicted molar refractivity (Wildman–Crippen MR) is 95.3 cm³/mol. The highest BCUT2D eigenvalue weighted by Crippen LogP contribution is 2.18. The molecule has 0 bridgehead atoms. The first-order valence-corrected chi connectivity index (χ1v) is 8.27. The molecule has 0 aliphatic rings. The zero-order valence-electron chi connectivity index (χ0n) is 13.3. The Balaban J connectivity index is 1.84. The maximum absolute atomic E-state index is 12.1. The number of carbonyl (C=O) groups is 1. The third kappa shape index (κ3) is 5.37. The fourth-order valence-corrected chi connectivity index (χ4v) is 2.47. The summed E-state index contributed by atoms with van der Waals surface area (Å²) in [7, 11) is 0. The van der Waals surface area contributed by atoms with E-state index in [0.717, 1.165) is 21.3 Å². The highest BCUT2D eigenvalue weighted by atomic mass is 79.9. The van der Waals surface area contributed by atoms with Crippen LogP contribution in [-0.4, -0.2) is 18.6 Å². The zero-order chi connectivity index (χ0) is 16.8. The van der Waals surface area contributed by atoms with Gasteiger partial charge in [-0.25, -0.2) is 0 Å². The third-order valence-electron chi connectivity index (χ3n) is 3.42. The van der Waals surface area contributed by atoms with E-state index < -0.39 is 6.04 Å². The van der Waals surface area contributed by atoms with Gasteiger partial charge in [0.2, 0.25) is 5.91 Å². The number of aryl methyl sites for hydroxylation is 1. The number of amides is 1. The van der Waals surface area contributed by atoms with Crippen molar-refractivity contribution in [2.24, 2.45) is 5.73 Å². The van der Waals surface area contributed by atoms with Crippen LogP contribution in [0, 0.1) is 6.92 Å². The molecule has 2 rings (SSSR count). The molecule has 3 N–H and O–H groups in total. The standard InChI is InChI=1S/C18H21BrN2O2/c1-12-6-8-14(9-7-12)17(20)18(22)21-11-13(2)23-16-5-3-4-15(19)10-16/h3-10,13,17H,11,20H2,1-2H3,(H,21,22). The number of benzene rings is 2. The Bertz CT molecular complexity index is 658. The van der Waals surface area contributed by atoms with Gasteiger partial charge in [0.15, 0.2) is 0 Å². The van der Waals surface area contributed by atoms with Crippen LogP contribution >= 0.6 is 15.9 Å². The van der Waals surface area contributed by atoms with Gasteiger partial charge in [-0.3, -0.25) is 4.79 Å². The Morgan fingerprint density at radius 3 is 2.61 bits per heavy atom. The highest BCUT2D eigenvalue weighted by molar-refractivity contribution is 9.10. The van der Waals surface area contributed by atoms with Crippen LogP contribution in [0.25, 0.3) is 0 Å². The Kier molecular flexibility index (Phi) is 6.19. The molecule has 0 aliphatic carbocycles. The van der Waals surface area contributed by atoms with Crippen molar-refractivity contribution in [2.75, 3.05) is 6.54 Å². The van der Waals surface area contributed by atoms with Gasteiger partial charge >= 0.3 is 0 Å². The van der Waals surface area contributed by atoms with Gasteiger partial charge in [-0.2, -0.15) is 0 Å². The largest absolute Gasteiger partial charge is 0.489 e. The number of ether oxygens (including phenoxy) is 1. The van der Waals surface area contributed by atoms with Crippen molar-refractivity contribution in [1.29, 1.82) is 0 Å². The van der Waals surface area contributed by atoms with Crippen molar-refractivity contribution in [2.45, 2.75) is 26.0 Å². The van der Waals surface area contributed by atoms with Crippen LogP contribution in [0.4, 0.5) is 0 Å². The minimum atomic E-state index is -0.673. The topological polar surface area (TPSA) is 64.4 Å². The molecule has 4 nitrogen and oxygen atoms in total. The lowest BCUT2D eigenvalue weighted by molar-refractivity contribution is -0.122. The van der Waals surface area contributed by atoms with Crippen molar-refractivity contribution >= 4 is 21.8 Å². The van der Waals surface area contributed by atoms with E-state index in [2.05, 4.69) is 21.2 Å². The molecule has 23 heavy (non-hydrogen) atoms. The first-order chi connectivity index (χ1) is 11.0. The lowest BCUT2D eigenvalue weighted by Gasteiger charge is -2.18. The summed E-state index contributed by atoms with van der Waals surface area (Å²) < 4.78 is 6.71. The molecule has 0 radical (unpaired) electrons. The summed E-state index contributed by atoms with van der Waals surface area (Å²) in [6.07, 6.45) is -0.154. The zero-order valence-corrected chi connectivity index (χ0v) is 14.8.